The highest BCUT2D eigenvalue weighted by Gasteiger charge is 2.37. The first-order valence-electron chi connectivity index (χ1n) is 7.36. The van der Waals surface area contributed by atoms with Gasteiger partial charge in [-0.05, 0) is 32.9 Å². The molecule has 5 nitrogen and oxygen atoms in total. The Bertz CT molecular complexity index is 323. The van der Waals surface area contributed by atoms with E-state index < -0.39 is 11.4 Å². The highest BCUT2D eigenvalue weighted by atomic mass is 16.4. The van der Waals surface area contributed by atoms with Crippen LogP contribution in [0.4, 0.5) is 0 Å². The van der Waals surface area contributed by atoms with Crippen LogP contribution in [0.1, 0.15) is 47.0 Å². The summed E-state index contributed by atoms with van der Waals surface area (Å²) in [5, 5.41) is 12.4. The Balaban J connectivity index is 4.77. The summed E-state index contributed by atoms with van der Waals surface area (Å²) in [6.07, 6.45) is 0.977. The van der Waals surface area contributed by atoms with Crippen LogP contribution < -0.4 is 5.32 Å². The first-order chi connectivity index (χ1) is 9.18. The predicted molar refractivity (Wildman–Crippen MR) is 80.6 cm³/mol. The van der Waals surface area contributed by atoms with Crippen molar-refractivity contribution >= 4 is 11.9 Å². The van der Waals surface area contributed by atoms with Gasteiger partial charge < -0.3 is 15.3 Å². The molecule has 0 aromatic rings. The van der Waals surface area contributed by atoms with Crippen LogP contribution in [0.2, 0.25) is 0 Å². The molecule has 0 aromatic carbocycles. The molecule has 0 aliphatic heterocycles. The van der Waals surface area contributed by atoms with E-state index in [0.29, 0.717) is 18.8 Å². The average molecular weight is 286 g/mol. The number of likely N-dealkylation sites (N-methyl/N-ethyl adjacent to an activating group) is 1. The molecule has 0 rings (SSSR count). The number of carbonyl (C=O) groups excluding carboxylic acids is 1. The van der Waals surface area contributed by atoms with Crippen molar-refractivity contribution in [2.45, 2.75) is 53.0 Å². The topological polar surface area (TPSA) is 69.6 Å². The van der Waals surface area contributed by atoms with Crippen molar-refractivity contribution in [2.24, 2.45) is 11.3 Å². The molecule has 0 aliphatic carbocycles. The van der Waals surface area contributed by atoms with Crippen LogP contribution in [0, 0.1) is 11.3 Å². The lowest BCUT2D eigenvalue weighted by Gasteiger charge is -2.29. The molecule has 0 aromatic heterocycles. The third-order valence-electron chi connectivity index (χ3n) is 4.02. The van der Waals surface area contributed by atoms with Crippen molar-refractivity contribution < 1.29 is 14.7 Å². The van der Waals surface area contributed by atoms with Crippen molar-refractivity contribution in [3.8, 4) is 0 Å². The zero-order chi connectivity index (χ0) is 15.9. The molecule has 0 aliphatic rings. The Labute approximate surface area is 122 Å². The minimum Gasteiger partial charge on any atom is -0.481 e. The molecule has 20 heavy (non-hydrogen) atoms. The second-order valence-corrected chi connectivity index (χ2v) is 6.15. The van der Waals surface area contributed by atoms with E-state index in [1.165, 1.54) is 0 Å². The van der Waals surface area contributed by atoms with Crippen LogP contribution in [0.3, 0.4) is 0 Å². The van der Waals surface area contributed by atoms with Gasteiger partial charge >= 0.3 is 5.97 Å². The van der Waals surface area contributed by atoms with E-state index >= 15 is 0 Å². The van der Waals surface area contributed by atoms with Crippen LogP contribution in [0.15, 0.2) is 0 Å². The van der Waals surface area contributed by atoms with Crippen LogP contribution >= 0.6 is 0 Å². The summed E-state index contributed by atoms with van der Waals surface area (Å²) in [5.74, 6) is -0.744. The van der Waals surface area contributed by atoms with Gasteiger partial charge in [-0.3, -0.25) is 9.59 Å². The minimum absolute atomic E-state index is 0.0395. The maximum Gasteiger partial charge on any atom is 0.310 e. The monoisotopic (exact) mass is 286 g/mol. The predicted octanol–water partition coefficient (Wildman–Crippen LogP) is 1.97. The van der Waals surface area contributed by atoms with Gasteiger partial charge in [-0.2, -0.15) is 0 Å². The van der Waals surface area contributed by atoms with Crippen LogP contribution in [-0.4, -0.2) is 48.6 Å². The number of carbonyl (C=O) groups is 2. The summed E-state index contributed by atoms with van der Waals surface area (Å²) >= 11 is 0. The number of amides is 1. The summed E-state index contributed by atoms with van der Waals surface area (Å²) in [4.78, 5) is 25.6. The lowest BCUT2D eigenvalue weighted by molar-refractivity contribution is -0.152. The Morgan fingerprint density at radius 2 is 1.70 bits per heavy atom. The average Bonchev–Trinajstić information content (AvgIpc) is 2.34. The molecule has 0 radical (unpaired) electrons. The van der Waals surface area contributed by atoms with Crippen molar-refractivity contribution in [3.63, 3.8) is 0 Å². The third kappa shape index (κ3) is 5.49. The number of hydrogen-bond acceptors (Lipinski definition) is 3. The van der Waals surface area contributed by atoms with Gasteiger partial charge in [0.25, 0.3) is 0 Å². The second-order valence-electron chi connectivity index (χ2n) is 6.15. The van der Waals surface area contributed by atoms with Gasteiger partial charge in [-0.15, -0.1) is 0 Å². The van der Waals surface area contributed by atoms with Crippen molar-refractivity contribution in [1.29, 1.82) is 0 Å². The normalized spacial score (nSPS) is 13.6. The van der Waals surface area contributed by atoms with Crippen LogP contribution in [0.5, 0.6) is 0 Å². The first-order valence-corrected chi connectivity index (χ1v) is 7.36. The molecule has 5 heteroatoms. The van der Waals surface area contributed by atoms with Gasteiger partial charge in [-0.1, -0.05) is 27.7 Å². The Morgan fingerprint density at radius 3 is 2.00 bits per heavy atom. The molecule has 0 fully saturated rings. The number of aliphatic carboxylic acids is 1. The van der Waals surface area contributed by atoms with E-state index in [4.69, 9.17) is 0 Å². The van der Waals surface area contributed by atoms with E-state index in [0.717, 1.165) is 6.54 Å². The number of carboxylic acid groups (broad SMARTS) is 1. The molecule has 0 bridgehead atoms. The zero-order valence-electron chi connectivity index (χ0n) is 13.7. The summed E-state index contributed by atoms with van der Waals surface area (Å²) in [7, 11) is 3.92. The molecule has 118 valence electrons. The van der Waals surface area contributed by atoms with E-state index in [1.807, 2.05) is 32.8 Å². The Kier molecular flexibility index (Phi) is 7.79. The minimum atomic E-state index is -0.941. The van der Waals surface area contributed by atoms with Gasteiger partial charge in [0, 0.05) is 19.0 Å². The van der Waals surface area contributed by atoms with E-state index in [9.17, 15) is 14.7 Å². The zero-order valence-corrected chi connectivity index (χ0v) is 13.7. The van der Waals surface area contributed by atoms with E-state index in [2.05, 4.69) is 19.2 Å². The molecule has 1 unspecified atom stereocenters. The highest BCUT2D eigenvalue weighted by Crippen LogP contribution is 2.31. The summed E-state index contributed by atoms with van der Waals surface area (Å²) < 4.78 is 0. The van der Waals surface area contributed by atoms with Gasteiger partial charge in [0.15, 0.2) is 0 Å². The number of hydrogen-bond donors (Lipinski definition) is 2. The van der Waals surface area contributed by atoms with Gasteiger partial charge in [-0.25, -0.2) is 0 Å². The van der Waals surface area contributed by atoms with Crippen molar-refractivity contribution in [3.05, 3.63) is 0 Å². The summed E-state index contributed by atoms with van der Waals surface area (Å²) in [6.45, 7) is 8.51. The summed E-state index contributed by atoms with van der Waals surface area (Å²) in [5.41, 5.74) is -0.941. The van der Waals surface area contributed by atoms with E-state index in [-0.39, 0.29) is 18.4 Å². The molecular formula is C15H30N2O3. The van der Waals surface area contributed by atoms with Gasteiger partial charge in [0.05, 0.1) is 5.41 Å². The fourth-order valence-electron chi connectivity index (χ4n) is 2.26. The molecule has 0 saturated heterocycles. The van der Waals surface area contributed by atoms with Gasteiger partial charge in [0.2, 0.25) is 5.91 Å². The summed E-state index contributed by atoms with van der Waals surface area (Å²) in [6, 6.07) is 0.0395. The lowest BCUT2D eigenvalue weighted by atomic mass is 9.79. The largest absolute Gasteiger partial charge is 0.481 e. The Hall–Kier alpha value is -1.10. The van der Waals surface area contributed by atoms with Crippen molar-refractivity contribution in [1.82, 2.24) is 10.2 Å². The number of rotatable bonds is 9. The van der Waals surface area contributed by atoms with E-state index in [1.54, 1.807) is 0 Å². The molecular weight excluding hydrogens is 256 g/mol. The molecule has 1 amide bonds. The molecule has 2 N–H and O–H groups in total. The fourth-order valence-corrected chi connectivity index (χ4v) is 2.26. The molecule has 0 saturated carbocycles. The fraction of sp³-hybridized carbons (Fsp3) is 0.867. The maximum atomic E-state index is 12.2. The molecule has 0 heterocycles. The number of carboxylic acids is 1. The Morgan fingerprint density at radius 1 is 1.20 bits per heavy atom. The van der Waals surface area contributed by atoms with Gasteiger partial charge in [0.1, 0.15) is 0 Å². The number of nitrogens with one attached hydrogen (secondary N) is 1. The van der Waals surface area contributed by atoms with Crippen molar-refractivity contribution in [2.75, 3.05) is 20.6 Å². The highest BCUT2D eigenvalue weighted by molar-refractivity contribution is 5.85. The lowest BCUT2D eigenvalue weighted by Crippen LogP contribution is -2.47. The maximum absolute atomic E-state index is 12.2. The quantitative estimate of drug-likeness (QED) is 0.680. The molecule has 0 spiro atoms. The van der Waals surface area contributed by atoms with Crippen LogP contribution in [-0.2, 0) is 9.59 Å². The SMILES string of the molecule is CCC(CC)(CC(=O)NC(CN(C)C)C(C)C)C(=O)O. The van der Waals surface area contributed by atoms with Crippen LogP contribution in [0.25, 0.3) is 0 Å². The first kappa shape index (κ1) is 18.9. The molecule has 1 atom stereocenters. The number of nitrogens with zero attached hydrogens (tertiary/aromatic N) is 1. The standard InChI is InChI=1S/C15H30N2O3/c1-7-15(8-2,14(19)20)9-13(18)16-12(11(3)4)10-17(5)6/h11-12H,7-10H2,1-6H3,(H,16,18)(H,19,20). The second kappa shape index (κ2) is 8.25. The smallest absolute Gasteiger partial charge is 0.310 e. The third-order valence-corrected chi connectivity index (χ3v) is 4.02.